The molecular weight excluding hydrogens is 940 g/mol. The van der Waals surface area contributed by atoms with E-state index in [4.69, 9.17) is 0 Å². The molecule has 0 atom stereocenters. The summed E-state index contributed by atoms with van der Waals surface area (Å²) in [7, 11) is 0. The topological polar surface area (TPSA) is 33.6 Å². The van der Waals surface area contributed by atoms with Crippen LogP contribution in [0.2, 0.25) is 0 Å². The van der Waals surface area contributed by atoms with Gasteiger partial charge in [0.05, 0.1) is 44.6 Å². The normalized spacial score (nSPS) is 11.9. The lowest BCUT2D eigenvalue weighted by Crippen LogP contribution is -2.09. The monoisotopic (exact) mass is 993 g/mol. The predicted octanol–water partition coefficient (Wildman–Crippen LogP) is 19.6. The minimum absolute atomic E-state index is 0.0135. The van der Waals surface area contributed by atoms with Crippen LogP contribution in [0.25, 0.3) is 111 Å². The van der Waals surface area contributed by atoms with E-state index in [1.54, 1.807) is 18.2 Å². The fourth-order valence-electron chi connectivity index (χ4n) is 12.0. The van der Waals surface area contributed by atoms with Gasteiger partial charge in [-0.05, 0) is 194 Å². The number of fused-ring (bicyclic) bond motifs is 6. The van der Waals surface area contributed by atoms with Crippen molar-refractivity contribution in [2.45, 2.75) is 61.6 Å². The molecule has 370 valence electrons. The SMILES string of the molecule is Cc1ccc(-c2ccc3c(c2)c2cc(-c4ccc(C)cc4C)ccc2n3-c2cc(-c3ccccc3C(F)(F)F)c(-n3c4ccc(-c5ccc(C)cc5C)cc4c4cc(-c5ccc(C)cc5C)ccc43)cc2C#N)c(C)c1. The van der Waals surface area contributed by atoms with Gasteiger partial charge in [-0.25, -0.2) is 0 Å². The number of aromatic nitrogens is 2. The van der Waals surface area contributed by atoms with E-state index in [1.165, 1.54) is 28.3 Å². The van der Waals surface area contributed by atoms with Gasteiger partial charge in [-0.3, -0.25) is 0 Å². The Hall–Kier alpha value is -8.92. The van der Waals surface area contributed by atoms with Crippen molar-refractivity contribution in [2.75, 3.05) is 0 Å². The molecule has 0 amide bonds. The molecule has 0 spiro atoms. The summed E-state index contributed by atoms with van der Waals surface area (Å²) in [6, 6.07) is 63.4. The first-order valence-corrected chi connectivity index (χ1v) is 25.8. The minimum Gasteiger partial charge on any atom is -0.309 e. The maximum absolute atomic E-state index is 15.6. The van der Waals surface area contributed by atoms with Gasteiger partial charge in [-0.2, -0.15) is 18.4 Å². The summed E-state index contributed by atoms with van der Waals surface area (Å²) in [5, 5.41) is 15.3. The Morgan fingerprint density at radius 2 is 0.684 bits per heavy atom. The Labute approximate surface area is 441 Å². The Bertz CT molecular complexity index is 4220. The summed E-state index contributed by atoms with van der Waals surface area (Å²) in [5.41, 5.74) is 22.0. The van der Waals surface area contributed by atoms with Crippen molar-refractivity contribution in [3.63, 3.8) is 0 Å². The Morgan fingerprint density at radius 1 is 0.342 bits per heavy atom. The average molecular weight is 994 g/mol. The van der Waals surface area contributed by atoms with Crippen molar-refractivity contribution in [1.82, 2.24) is 9.13 Å². The Balaban J connectivity index is 1.18. The highest BCUT2D eigenvalue weighted by atomic mass is 19.4. The summed E-state index contributed by atoms with van der Waals surface area (Å²) < 4.78 is 50.8. The second kappa shape index (κ2) is 18.2. The van der Waals surface area contributed by atoms with E-state index in [2.05, 4.69) is 216 Å². The first kappa shape index (κ1) is 48.0. The lowest BCUT2D eigenvalue weighted by Gasteiger charge is -2.21. The van der Waals surface area contributed by atoms with Gasteiger partial charge in [-0.15, -0.1) is 0 Å². The van der Waals surface area contributed by atoms with Crippen LogP contribution in [0.1, 0.15) is 55.6 Å². The Kier molecular flexibility index (Phi) is 11.5. The van der Waals surface area contributed by atoms with Gasteiger partial charge in [0, 0.05) is 27.1 Å². The molecule has 12 aromatic rings. The molecule has 0 unspecified atom stereocenters. The number of halogens is 3. The first-order valence-electron chi connectivity index (χ1n) is 25.8. The van der Waals surface area contributed by atoms with Crippen molar-refractivity contribution >= 4 is 43.6 Å². The van der Waals surface area contributed by atoms with Crippen LogP contribution in [-0.2, 0) is 6.18 Å². The lowest BCUT2D eigenvalue weighted by atomic mass is 9.95. The molecule has 0 N–H and O–H groups in total. The van der Waals surface area contributed by atoms with Gasteiger partial charge in [0.2, 0.25) is 0 Å². The number of benzene rings is 10. The van der Waals surface area contributed by atoms with Crippen molar-refractivity contribution in [3.05, 3.63) is 238 Å². The van der Waals surface area contributed by atoms with Crippen molar-refractivity contribution in [2.24, 2.45) is 0 Å². The molecule has 2 aromatic heterocycles. The number of rotatable bonds is 7. The molecule has 0 radical (unpaired) electrons. The van der Waals surface area contributed by atoms with Crippen LogP contribution in [-0.4, -0.2) is 9.13 Å². The zero-order valence-electron chi connectivity index (χ0n) is 43.8. The third-order valence-electron chi connectivity index (χ3n) is 15.5. The molecule has 6 heteroatoms. The molecule has 0 saturated heterocycles. The second-order valence-corrected chi connectivity index (χ2v) is 20.9. The van der Waals surface area contributed by atoms with E-state index < -0.39 is 11.7 Å². The average Bonchev–Trinajstić information content (AvgIpc) is 3.89. The maximum atomic E-state index is 15.6. The molecule has 0 fully saturated rings. The van der Waals surface area contributed by atoms with Gasteiger partial charge >= 0.3 is 6.18 Å². The smallest absolute Gasteiger partial charge is 0.309 e. The van der Waals surface area contributed by atoms with E-state index in [0.717, 1.165) is 116 Å². The largest absolute Gasteiger partial charge is 0.417 e. The quantitative estimate of drug-likeness (QED) is 0.157. The molecular formula is C70H54F3N3. The third kappa shape index (κ3) is 8.06. The predicted molar refractivity (Wildman–Crippen MR) is 310 cm³/mol. The zero-order chi connectivity index (χ0) is 52.9. The molecule has 3 nitrogen and oxygen atoms in total. The number of nitrogens with zero attached hydrogens (tertiary/aromatic N) is 3. The molecule has 0 saturated carbocycles. The summed E-state index contributed by atoms with van der Waals surface area (Å²) in [6.07, 6.45) is -4.69. The van der Waals surface area contributed by atoms with Crippen LogP contribution in [0, 0.1) is 66.7 Å². The third-order valence-corrected chi connectivity index (χ3v) is 15.5. The van der Waals surface area contributed by atoms with Gasteiger partial charge in [0.1, 0.15) is 6.07 Å². The van der Waals surface area contributed by atoms with E-state index in [9.17, 15) is 5.26 Å². The number of aryl methyl sites for hydroxylation is 8. The van der Waals surface area contributed by atoms with Gasteiger partial charge < -0.3 is 9.13 Å². The van der Waals surface area contributed by atoms with Gasteiger partial charge in [0.25, 0.3) is 0 Å². The highest BCUT2D eigenvalue weighted by Gasteiger charge is 2.35. The summed E-state index contributed by atoms with van der Waals surface area (Å²) in [5.74, 6) is 0. The molecule has 0 bridgehead atoms. The molecule has 76 heavy (non-hydrogen) atoms. The second-order valence-electron chi connectivity index (χ2n) is 20.9. The molecule has 0 aliphatic rings. The van der Waals surface area contributed by atoms with E-state index in [-0.39, 0.29) is 5.56 Å². The lowest BCUT2D eigenvalue weighted by molar-refractivity contribution is -0.137. The molecule has 2 heterocycles. The van der Waals surface area contributed by atoms with Crippen LogP contribution in [0.5, 0.6) is 0 Å². The highest BCUT2D eigenvalue weighted by molar-refractivity contribution is 6.14. The maximum Gasteiger partial charge on any atom is 0.417 e. The van der Waals surface area contributed by atoms with E-state index >= 15 is 13.2 Å². The number of nitriles is 1. The fraction of sp³-hybridized carbons (Fsp3) is 0.129. The summed E-state index contributed by atoms with van der Waals surface area (Å²) in [4.78, 5) is 0. The van der Waals surface area contributed by atoms with Crippen molar-refractivity contribution in [1.29, 1.82) is 5.26 Å². The number of alkyl halides is 3. The van der Waals surface area contributed by atoms with Gasteiger partial charge in [0.15, 0.2) is 0 Å². The fourth-order valence-corrected chi connectivity index (χ4v) is 12.0. The molecule has 12 rings (SSSR count). The highest BCUT2D eigenvalue weighted by Crippen LogP contribution is 2.47. The number of hydrogen-bond acceptors (Lipinski definition) is 1. The van der Waals surface area contributed by atoms with Crippen molar-refractivity contribution < 1.29 is 13.2 Å². The molecule has 0 aliphatic heterocycles. The number of hydrogen-bond donors (Lipinski definition) is 0. The van der Waals surface area contributed by atoms with E-state index in [1.807, 2.05) is 6.07 Å². The molecule has 0 aliphatic carbocycles. The van der Waals surface area contributed by atoms with Crippen molar-refractivity contribution in [3.8, 4) is 73.1 Å². The van der Waals surface area contributed by atoms with Crippen LogP contribution >= 0.6 is 0 Å². The zero-order valence-corrected chi connectivity index (χ0v) is 43.8. The Morgan fingerprint density at radius 3 is 1.01 bits per heavy atom. The van der Waals surface area contributed by atoms with Crippen LogP contribution in [0.15, 0.2) is 182 Å². The summed E-state index contributed by atoms with van der Waals surface area (Å²) in [6.45, 7) is 16.9. The van der Waals surface area contributed by atoms with Crippen LogP contribution in [0.4, 0.5) is 13.2 Å². The minimum atomic E-state index is -4.69. The van der Waals surface area contributed by atoms with Crippen LogP contribution in [0.3, 0.4) is 0 Å². The standard InChI is InChI=1S/C70H54F3N3/c1-40-13-21-53(44(5)29-40)48-17-25-64-58(33-48)59-34-49(54-22-14-41(2)30-45(54)6)18-26-65(59)75(64)68-38-62(57-11-9-10-12-63(57)70(71,72)73)69(37-52(68)39-74)76-66-27-19-50(55-23-15-42(3)31-46(55)7)35-60(66)61-36-51(20-28-67(61)76)56-24-16-43(4)32-47(56)8/h9-38H,1-8H3. The molecule has 10 aromatic carbocycles. The van der Waals surface area contributed by atoms with E-state index in [0.29, 0.717) is 22.5 Å². The van der Waals surface area contributed by atoms with Crippen LogP contribution < -0.4 is 0 Å². The summed E-state index contributed by atoms with van der Waals surface area (Å²) >= 11 is 0. The first-order chi connectivity index (χ1) is 36.5. The van der Waals surface area contributed by atoms with Gasteiger partial charge in [-0.1, -0.05) is 138 Å².